The monoisotopic (exact) mass is 217 g/mol. The second kappa shape index (κ2) is 5.24. The molecule has 0 aliphatic heterocycles. The fraction of sp³-hybridized carbons (Fsp3) is 0.571. The third kappa shape index (κ3) is 2.91. The summed E-state index contributed by atoms with van der Waals surface area (Å²) in [6.45, 7) is 2.14. The van der Waals surface area contributed by atoms with Crippen LogP contribution in [-0.2, 0) is 17.6 Å². The van der Waals surface area contributed by atoms with Gasteiger partial charge in [-0.2, -0.15) is 0 Å². The fourth-order valence-corrected chi connectivity index (χ4v) is 2.37. The Labute approximate surface area is 97.1 Å². The Morgan fingerprint density at radius 2 is 2.31 bits per heavy atom. The van der Waals surface area contributed by atoms with Gasteiger partial charge >= 0.3 is 0 Å². The van der Waals surface area contributed by atoms with Crippen LogP contribution in [0.5, 0.6) is 0 Å². The molecule has 2 rings (SSSR count). The van der Waals surface area contributed by atoms with Gasteiger partial charge in [-0.05, 0) is 43.2 Å². The van der Waals surface area contributed by atoms with Gasteiger partial charge in [0, 0.05) is 24.7 Å². The quantitative estimate of drug-likeness (QED) is 0.779. The van der Waals surface area contributed by atoms with E-state index in [-0.39, 0.29) is 0 Å². The Hall–Kier alpha value is -1.18. The van der Waals surface area contributed by atoms with Crippen LogP contribution >= 0.6 is 0 Å². The SMILES string of the molecule is CCc1ccc(CC2CCCC(=O)C2)nc1. The Bertz CT molecular complexity index is 356. The molecule has 1 aromatic heterocycles. The zero-order valence-electron chi connectivity index (χ0n) is 9.91. The summed E-state index contributed by atoms with van der Waals surface area (Å²) in [5.74, 6) is 0.961. The third-order valence-corrected chi connectivity index (χ3v) is 3.38. The summed E-state index contributed by atoms with van der Waals surface area (Å²) in [5.41, 5.74) is 2.42. The third-order valence-electron chi connectivity index (χ3n) is 3.38. The first kappa shape index (κ1) is 11.3. The summed E-state index contributed by atoms with van der Waals surface area (Å²) in [7, 11) is 0. The number of pyridine rings is 1. The van der Waals surface area contributed by atoms with Crippen molar-refractivity contribution < 1.29 is 4.79 Å². The van der Waals surface area contributed by atoms with E-state index in [1.54, 1.807) is 0 Å². The molecule has 0 saturated heterocycles. The number of aromatic nitrogens is 1. The van der Waals surface area contributed by atoms with Gasteiger partial charge in [-0.3, -0.25) is 9.78 Å². The Kier molecular flexibility index (Phi) is 3.70. The zero-order chi connectivity index (χ0) is 11.4. The maximum Gasteiger partial charge on any atom is 0.133 e. The molecule has 0 radical (unpaired) electrons. The first-order valence-corrected chi connectivity index (χ1v) is 6.23. The molecule has 2 nitrogen and oxygen atoms in total. The molecule has 1 aliphatic rings. The highest BCUT2D eigenvalue weighted by atomic mass is 16.1. The molecule has 1 aromatic rings. The van der Waals surface area contributed by atoms with Crippen LogP contribution in [0, 0.1) is 5.92 Å². The van der Waals surface area contributed by atoms with E-state index in [0.717, 1.165) is 37.8 Å². The molecule has 2 heteroatoms. The van der Waals surface area contributed by atoms with Crippen LogP contribution in [0.3, 0.4) is 0 Å². The topological polar surface area (TPSA) is 30.0 Å². The average molecular weight is 217 g/mol. The predicted octanol–water partition coefficient (Wildman–Crippen LogP) is 2.95. The van der Waals surface area contributed by atoms with Crippen LogP contribution in [0.1, 0.15) is 43.9 Å². The number of Topliss-reactive ketones (excluding diaryl/α,β-unsaturated/α-hetero) is 1. The lowest BCUT2D eigenvalue weighted by atomic mass is 9.85. The van der Waals surface area contributed by atoms with Crippen LogP contribution in [0.2, 0.25) is 0 Å². The normalized spacial score (nSPS) is 21.1. The minimum Gasteiger partial charge on any atom is -0.300 e. The van der Waals surface area contributed by atoms with Crippen molar-refractivity contribution in [2.24, 2.45) is 5.92 Å². The van der Waals surface area contributed by atoms with Crippen molar-refractivity contribution in [2.75, 3.05) is 0 Å². The van der Waals surface area contributed by atoms with Gasteiger partial charge in [0.1, 0.15) is 5.78 Å². The highest BCUT2D eigenvalue weighted by molar-refractivity contribution is 5.79. The Balaban J connectivity index is 1.94. The van der Waals surface area contributed by atoms with E-state index in [9.17, 15) is 4.79 Å². The first-order chi connectivity index (χ1) is 7.78. The molecule has 1 saturated carbocycles. The van der Waals surface area contributed by atoms with E-state index in [1.165, 1.54) is 12.0 Å². The fourth-order valence-electron chi connectivity index (χ4n) is 2.37. The molecule has 86 valence electrons. The molecule has 0 aromatic carbocycles. The van der Waals surface area contributed by atoms with Crippen LogP contribution in [-0.4, -0.2) is 10.8 Å². The lowest BCUT2D eigenvalue weighted by molar-refractivity contribution is -0.121. The molecule has 1 fully saturated rings. The molecule has 0 bridgehead atoms. The lowest BCUT2D eigenvalue weighted by Gasteiger charge is -2.20. The number of hydrogen-bond acceptors (Lipinski definition) is 2. The second-order valence-electron chi connectivity index (χ2n) is 4.72. The summed E-state index contributed by atoms with van der Waals surface area (Å²) in [6.07, 6.45) is 7.76. The molecule has 16 heavy (non-hydrogen) atoms. The van der Waals surface area contributed by atoms with E-state index in [4.69, 9.17) is 0 Å². The van der Waals surface area contributed by atoms with Crippen molar-refractivity contribution in [1.29, 1.82) is 0 Å². The van der Waals surface area contributed by atoms with Gasteiger partial charge in [-0.25, -0.2) is 0 Å². The van der Waals surface area contributed by atoms with Crippen molar-refractivity contribution in [3.8, 4) is 0 Å². The molecule has 1 aliphatic carbocycles. The lowest BCUT2D eigenvalue weighted by Crippen LogP contribution is -2.17. The highest BCUT2D eigenvalue weighted by Crippen LogP contribution is 2.24. The van der Waals surface area contributed by atoms with E-state index in [2.05, 4.69) is 24.0 Å². The maximum absolute atomic E-state index is 11.3. The molecule has 1 atom stereocenters. The van der Waals surface area contributed by atoms with Gasteiger partial charge in [-0.15, -0.1) is 0 Å². The minimum atomic E-state index is 0.432. The standard InChI is InChI=1S/C14H19NO/c1-2-11-6-7-13(15-10-11)8-12-4-3-5-14(16)9-12/h6-7,10,12H,2-5,8-9H2,1H3. The number of carbonyl (C=O) groups excluding carboxylic acids is 1. The number of hydrogen-bond donors (Lipinski definition) is 0. The van der Waals surface area contributed by atoms with Gasteiger partial charge in [0.25, 0.3) is 0 Å². The molecular weight excluding hydrogens is 198 g/mol. The molecule has 1 heterocycles. The van der Waals surface area contributed by atoms with Gasteiger partial charge in [0.2, 0.25) is 0 Å². The number of aryl methyl sites for hydroxylation is 1. The number of ketones is 1. The smallest absolute Gasteiger partial charge is 0.133 e. The van der Waals surface area contributed by atoms with Crippen LogP contribution < -0.4 is 0 Å². The van der Waals surface area contributed by atoms with E-state index in [1.807, 2.05) is 6.20 Å². The van der Waals surface area contributed by atoms with Crippen molar-refractivity contribution in [3.63, 3.8) is 0 Å². The number of nitrogens with zero attached hydrogens (tertiary/aromatic N) is 1. The maximum atomic E-state index is 11.3. The summed E-state index contributed by atoms with van der Waals surface area (Å²) < 4.78 is 0. The average Bonchev–Trinajstić information content (AvgIpc) is 2.30. The predicted molar refractivity (Wildman–Crippen MR) is 64.3 cm³/mol. The Morgan fingerprint density at radius 1 is 1.44 bits per heavy atom. The summed E-state index contributed by atoms with van der Waals surface area (Å²) in [5, 5.41) is 0. The van der Waals surface area contributed by atoms with Crippen LogP contribution in [0.4, 0.5) is 0 Å². The van der Waals surface area contributed by atoms with Crippen LogP contribution in [0.25, 0.3) is 0 Å². The van der Waals surface area contributed by atoms with Crippen molar-refractivity contribution >= 4 is 5.78 Å². The molecule has 1 unspecified atom stereocenters. The van der Waals surface area contributed by atoms with Gasteiger partial charge in [0.05, 0.1) is 0 Å². The molecule has 0 amide bonds. The minimum absolute atomic E-state index is 0.432. The zero-order valence-corrected chi connectivity index (χ0v) is 9.91. The van der Waals surface area contributed by atoms with Gasteiger partial charge in [-0.1, -0.05) is 13.0 Å². The van der Waals surface area contributed by atoms with Crippen molar-refractivity contribution in [3.05, 3.63) is 29.6 Å². The van der Waals surface area contributed by atoms with Gasteiger partial charge < -0.3 is 0 Å². The van der Waals surface area contributed by atoms with E-state index >= 15 is 0 Å². The molecule has 0 N–H and O–H groups in total. The molecular formula is C14H19NO. The summed E-state index contributed by atoms with van der Waals surface area (Å²) >= 11 is 0. The number of carbonyl (C=O) groups is 1. The largest absolute Gasteiger partial charge is 0.300 e. The van der Waals surface area contributed by atoms with Crippen molar-refractivity contribution in [1.82, 2.24) is 4.98 Å². The summed E-state index contributed by atoms with van der Waals surface area (Å²) in [4.78, 5) is 15.8. The van der Waals surface area contributed by atoms with Crippen LogP contribution in [0.15, 0.2) is 18.3 Å². The first-order valence-electron chi connectivity index (χ1n) is 6.23. The summed E-state index contributed by atoms with van der Waals surface area (Å²) in [6, 6.07) is 4.25. The van der Waals surface area contributed by atoms with Gasteiger partial charge in [0.15, 0.2) is 0 Å². The van der Waals surface area contributed by atoms with Crippen molar-refractivity contribution in [2.45, 2.75) is 45.4 Å². The Morgan fingerprint density at radius 3 is 2.94 bits per heavy atom. The highest BCUT2D eigenvalue weighted by Gasteiger charge is 2.19. The number of rotatable bonds is 3. The second-order valence-corrected chi connectivity index (χ2v) is 4.72. The van der Waals surface area contributed by atoms with E-state index < -0.39 is 0 Å². The molecule has 0 spiro atoms. The van der Waals surface area contributed by atoms with E-state index in [0.29, 0.717) is 11.7 Å².